The average Bonchev–Trinajstić information content (AvgIpc) is 2.76. The zero-order valence-electron chi connectivity index (χ0n) is 11.4. The van der Waals surface area contributed by atoms with Gasteiger partial charge < -0.3 is 9.88 Å². The molecule has 2 heterocycles. The summed E-state index contributed by atoms with van der Waals surface area (Å²) in [5.74, 6) is -0.0133. The second-order valence-corrected chi connectivity index (χ2v) is 5.17. The summed E-state index contributed by atoms with van der Waals surface area (Å²) in [6.07, 6.45) is 2.98. The number of para-hydroxylation sites is 2. The second-order valence-electron chi connectivity index (χ2n) is 5.17. The van der Waals surface area contributed by atoms with Crippen molar-refractivity contribution in [2.75, 3.05) is 13.1 Å². The van der Waals surface area contributed by atoms with Crippen LogP contribution in [0.25, 0.3) is 11.0 Å². The normalized spacial score (nSPS) is 15.4. The van der Waals surface area contributed by atoms with E-state index in [1.807, 2.05) is 24.3 Å². The van der Waals surface area contributed by atoms with Crippen LogP contribution in [-0.2, 0) is 11.3 Å². The van der Waals surface area contributed by atoms with Gasteiger partial charge in [0.2, 0.25) is 5.91 Å². The first kappa shape index (κ1) is 12.7. The average molecular weight is 271 g/mol. The number of nitrogens with zero attached hydrogens (tertiary/aromatic N) is 2. The van der Waals surface area contributed by atoms with E-state index in [9.17, 15) is 9.59 Å². The van der Waals surface area contributed by atoms with Crippen molar-refractivity contribution in [2.45, 2.75) is 19.9 Å². The molecule has 0 aliphatic carbocycles. The third-order valence-electron chi connectivity index (χ3n) is 3.76. The van der Waals surface area contributed by atoms with E-state index < -0.39 is 0 Å². The van der Waals surface area contributed by atoms with Crippen LogP contribution in [0.15, 0.2) is 40.7 Å². The number of hydrogen-bond donors (Lipinski definition) is 1. The van der Waals surface area contributed by atoms with Crippen molar-refractivity contribution in [1.82, 2.24) is 14.5 Å². The number of hydrogen-bond acceptors (Lipinski definition) is 2. The van der Waals surface area contributed by atoms with Gasteiger partial charge in [0.05, 0.1) is 11.0 Å². The Morgan fingerprint density at radius 2 is 2.15 bits per heavy atom. The van der Waals surface area contributed by atoms with Crippen LogP contribution in [-0.4, -0.2) is 33.4 Å². The fraction of sp³-hybridized carbons (Fsp3) is 0.333. The lowest BCUT2D eigenvalue weighted by Gasteiger charge is -2.25. The summed E-state index contributed by atoms with van der Waals surface area (Å²) in [4.78, 5) is 28.8. The fourth-order valence-electron chi connectivity index (χ4n) is 2.50. The molecule has 1 N–H and O–H groups in total. The number of aromatic amines is 1. The third kappa shape index (κ3) is 2.27. The summed E-state index contributed by atoms with van der Waals surface area (Å²) in [5, 5.41) is 0. The van der Waals surface area contributed by atoms with E-state index in [4.69, 9.17) is 0 Å². The number of fused-ring (bicyclic) bond motifs is 1. The minimum Gasteiger partial charge on any atom is -0.337 e. The standard InChI is InChI=1S/C15H17N3O2/c1-11-6-8-17(9-7-11)14(19)10-18-13-5-3-2-4-12(13)16-15(18)20/h2-6H,7-10H2,1H3,(H,16,20). The quantitative estimate of drug-likeness (QED) is 0.842. The molecule has 0 saturated carbocycles. The lowest BCUT2D eigenvalue weighted by molar-refractivity contribution is -0.131. The van der Waals surface area contributed by atoms with Crippen LogP contribution in [0.3, 0.4) is 0 Å². The maximum atomic E-state index is 12.3. The monoisotopic (exact) mass is 271 g/mol. The Bertz CT molecular complexity index is 739. The maximum absolute atomic E-state index is 12.3. The fourth-order valence-corrected chi connectivity index (χ4v) is 2.50. The SMILES string of the molecule is CC1=CCN(C(=O)Cn2c(=O)[nH]c3ccccc32)CC1. The van der Waals surface area contributed by atoms with Crippen LogP contribution in [0.2, 0.25) is 0 Å². The number of imidazole rings is 1. The zero-order valence-corrected chi connectivity index (χ0v) is 11.4. The van der Waals surface area contributed by atoms with E-state index in [1.165, 1.54) is 10.1 Å². The van der Waals surface area contributed by atoms with Crippen LogP contribution in [0, 0.1) is 0 Å². The van der Waals surface area contributed by atoms with E-state index >= 15 is 0 Å². The second kappa shape index (κ2) is 5.00. The molecule has 0 fully saturated rings. The van der Waals surface area contributed by atoms with Crippen LogP contribution >= 0.6 is 0 Å². The van der Waals surface area contributed by atoms with Gasteiger partial charge in [-0.05, 0) is 25.5 Å². The van der Waals surface area contributed by atoms with Gasteiger partial charge in [-0.3, -0.25) is 9.36 Å². The van der Waals surface area contributed by atoms with Gasteiger partial charge in [-0.2, -0.15) is 0 Å². The van der Waals surface area contributed by atoms with Crippen molar-refractivity contribution in [3.05, 3.63) is 46.4 Å². The molecule has 104 valence electrons. The number of carbonyl (C=O) groups is 1. The molecule has 0 radical (unpaired) electrons. The lowest BCUT2D eigenvalue weighted by Crippen LogP contribution is -2.38. The zero-order chi connectivity index (χ0) is 14.1. The van der Waals surface area contributed by atoms with E-state index in [0.717, 1.165) is 24.0 Å². The van der Waals surface area contributed by atoms with Crippen molar-refractivity contribution in [2.24, 2.45) is 0 Å². The molecule has 0 saturated heterocycles. The van der Waals surface area contributed by atoms with Crippen molar-refractivity contribution in [3.63, 3.8) is 0 Å². The van der Waals surface area contributed by atoms with E-state index in [0.29, 0.717) is 6.54 Å². The first-order valence-electron chi connectivity index (χ1n) is 6.76. The molecule has 0 unspecified atom stereocenters. The summed E-state index contributed by atoms with van der Waals surface area (Å²) in [7, 11) is 0. The van der Waals surface area contributed by atoms with Gasteiger partial charge in [-0.1, -0.05) is 23.8 Å². The van der Waals surface area contributed by atoms with E-state index in [2.05, 4.69) is 18.0 Å². The van der Waals surface area contributed by atoms with Crippen molar-refractivity contribution in [1.29, 1.82) is 0 Å². The highest BCUT2D eigenvalue weighted by Gasteiger charge is 2.18. The lowest BCUT2D eigenvalue weighted by atomic mass is 10.1. The molecule has 1 amide bonds. The summed E-state index contributed by atoms with van der Waals surface area (Å²) >= 11 is 0. The smallest absolute Gasteiger partial charge is 0.326 e. The molecular formula is C15H17N3O2. The number of aromatic nitrogens is 2. The summed E-state index contributed by atoms with van der Waals surface area (Å²) in [6.45, 7) is 3.54. The molecule has 0 bridgehead atoms. The number of amides is 1. The van der Waals surface area contributed by atoms with Crippen molar-refractivity contribution >= 4 is 16.9 Å². The Morgan fingerprint density at radius 1 is 1.35 bits per heavy atom. The third-order valence-corrected chi connectivity index (χ3v) is 3.76. The van der Waals surface area contributed by atoms with Crippen molar-refractivity contribution in [3.8, 4) is 0 Å². The Balaban J connectivity index is 1.85. The number of carbonyl (C=O) groups excluding carboxylic acids is 1. The predicted molar refractivity (Wildman–Crippen MR) is 77.5 cm³/mol. The largest absolute Gasteiger partial charge is 0.337 e. The Hall–Kier alpha value is -2.30. The molecule has 1 aliphatic rings. The van der Waals surface area contributed by atoms with E-state index in [1.54, 1.807) is 4.90 Å². The van der Waals surface area contributed by atoms with Crippen LogP contribution in [0.5, 0.6) is 0 Å². The molecule has 1 aliphatic heterocycles. The molecule has 1 aromatic heterocycles. The molecule has 20 heavy (non-hydrogen) atoms. The number of H-pyrrole nitrogens is 1. The highest BCUT2D eigenvalue weighted by molar-refractivity contribution is 5.80. The van der Waals surface area contributed by atoms with Crippen LogP contribution in [0.1, 0.15) is 13.3 Å². The van der Waals surface area contributed by atoms with E-state index in [-0.39, 0.29) is 18.1 Å². The number of nitrogens with one attached hydrogen (secondary N) is 1. The van der Waals surface area contributed by atoms with Gasteiger partial charge in [-0.15, -0.1) is 0 Å². The van der Waals surface area contributed by atoms with Crippen molar-refractivity contribution < 1.29 is 4.79 Å². The summed E-state index contributed by atoms with van der Waals surface area (Å²) in [5.41, 5.74) is 2.62. The number of rotatable bonds is 2. The van der Waals surface area contributed by atoms with Gasteiger partial charge in [0.1, 0.15) is 6.54 Å². The van der Waals surface area contributed by atoms with Gasteiger partial charge in [0, 0.05) is 13.1 Å². The van der Waals surface area contributed by atoms with Gasteiger partial charge in [0.25, 0.3) is 0 Å². The Morgan fingerprint density at radius 3 is 2.90 bits per heavy atom. The molecule has 5 heteroatoms. The topological polar surface area (TPSA) is 58.1 Å². The highest BCUT2D eigenvalue weighted by Crippen LogP contribution is 2.12. The number of benzene rings is 1. The van der Waals surface area contributed by atoms with Crippen LogP contribution in [0.4, 0.5) is 0 Å². The molecule has 0 atom stereocenters. The summed E-state index contributed by atoms with van der Waals surface area (Å²) in [6, 6.07) is 7.41. The molecule has 5 nitrogen and oxygen atoms in total. The molecule has 0 spiro atoms. The molecule has 1 aromatic carbocycles. The Labute approximate surface area is 116 Å². The predicted octanol–water partition coefficient (Wildman–Crippen LogP) is 1.51. The maximum Gasteiger partial charge on any atom is 0.326 e. The molecule has 3 rings (SSSR count). The van der Waals surface area contributed by atoms with Gasteiger partial charge in [0.15, 0.2) is 0 Å². The molecule has 2 aromatic rings. The van der Waals surface area contributed by atoms with Crippen LogP contribution < -0.4 is 5.69 Å². The Kier molecular flexibility index (Phi) is 3.18. The molecular weight excluding hydrogens is 254 g/mol. The van der Waals surface area contributed by atoms with Gasteiger partial charge in [-0.25, -0.2) is 4.79 Å². The first-order chi connectivity index (χ1) is 9.65. The minimum absolute atomic E-state index is 0.0133. The summed E-state index contributed by atoms with van der Waals surface area (Å²) < 4.78 is 1.50. The first-order valence-corrected chi connectivity index (χ1v) is 6.76. The highest BCUT2D eigenvalue weighted by atomic mass is 16.2. The minimum atomic E-state index is -0.233. The van der Waals surface area contributed by atoms with Gasteiger partial charge >= 0.3 is 5.69 Å².